The zero-order chi connectivity index (χ0) is 11.8. The predicted molar refractivity (Wildman–Crippen MR) is 68.3 cm³/mol. The third kappa shape index (κ3) is 1.95. The van der Waals surface area contributed by atoms with E-state index in [-0.39, 0.29) is 5.91 Å². The van der Waals surface area contributed by atoms with Gasteiger partial charge < -0.3 is 10.2 Å². The number of hydrogen-bond donors (Lipinski definition) is 1. The lowest BCUT2D eigenvalue weighted by molar-refractivity contribution is -0.117. The van der Waals surface area contributed by atoms with Crippen LogP contribution in [0.5, 0.6) is 0 Å². The number of nitrogens with one attached hydrogen (secondary N) is 1. The van der Waals surface area contributed by atoms with Crippen molar-refractivity contribution in [2.24, 2.45) is 0 Å². The molecule has 3 nitrogen and oxygen atoms in total. The Morgan fingerprint density at radius 2 is 2.35 bits per heavy atom. The number of hydrogen-bond acceptors (Lipinski definition) is 2. The molecule has 90 valence electrons. The maximum atomic E-state index is 12.0. The molecule has 1 N–H and O–H groups in total. The van der Waals surface area contributed by atoms with E-state index in [4.69, 9.17) is 0 Å². The van der Waals surface area contributed by atoms with Gasteiger partial charge in [0.15, 0.2) is 0 Å². The SMILES string of the molecule is Cc1ccc2c(c1)N(CC1CCCN1)C(=O)C2. The van der Waals surface area contributed by atoms with Gasteiger partial charge in [-0.05, 0) is 43.5 Å². The summed E-state index contributed by atoms with van der Waals surface area (Å²) in [6.07, 6.45) is 2.99. The molecule has 2 heterocycles. The van der Waals surface area contributed by atoms with Gasteiger partial charge in [-0.25, -0.2) is 0 Å². The van der Waals surface area contributed by atoms with Crippen molar-refractivity contribution in [1.82, 2.24) is 5.32 Å². The van der Waals surface area contributed by atoms with Crippen molar-refractivity contribution in [2.45, 2.75) is 32.2 Å². The number of carbonyl (C=O) groups excluding carboxylic acids is 1. The van der Waals surface area contributed by atoms with E-state index >= 15 is 0 Å². The van der Waals surface area contributed by atoms with Crippen LogP contribution in [0.4, 0.5) is 5.69 Å². The molecule has 1 aromatic carbocycles. The second-order valence-corrected chi connectivity index (χ2v) is 5.11. The van der Waals surface area contributed by atoms with Gasteiger partial charge in [0.05, 0.1) is 6.42 Å². The Hall–Kier alpha value is -1.35. The first-order valence-corrected chi connectivity index (χ1v) is 6.37. The summed E-state index contributed by atoms with van der Waals surface area (Å²) in [7, 11) is 0. The summed E-state index contributed by atoms with van der Waals surface area (Å²) in [5.74, 6) is 0.249. The zero-order valence-electron chi connectivity index (χ0n) is 10.2. The van der Waals surface area contributed by atoms with Gasteiger partial charge in [-0.1, -0.05) is 12.1 Å². The molecule has 1 atom stereocenters. The summed E-state index contributed by atoms with van der Waals surface area (Å²) in [5.41, 5.74) is 3.53. The van der Waals surface area contributed by atoms with Crippen LogP contribution in [0.3, 0.4) is 0 Å². The maximum absolute atomic E-state index is 12.0. The molecule has 1 amide bonds. The van der Waals surface area contributed by atoms with E-state index in [2.05, 4.69) is 30.4 Å². The third-order valence-electron chi connectivity index (χ3n) is 3.74. The lowest BCUT2D eigenvalue weighted by Gasteiger charge is -2.22. The Morgan fingerprint density at radius 1 is 1.47 bits per heavy atom. The molecule has 0 radical (unpaired) electrons. The molecule has 0 aliphatic carbocycles. The van der Waals surface area contributed by atoms with E-state index in [0.29, 0.717) is 12.5 Å². The normalized spacial score (nSPS) is 23.2. The average Bonchev–Trinajstić information content (AvgIpc) is 2.90. The molecule has 2 aliphatic heterocycles. The van der Waals surface area contributed by atoms with Gasteiger partial charge >= 0.3 is 0 Å². The minimum absolute atomic E-state index is 0.249. The second-order valence-electron chi connectivity index (χ2n) is 5.11. The van der Waals surface area contributed by atoms with Gasteiger partial charge in [0.1, 0.15) is 0 Å². The summed E-state index contributed by atoms with van der Waals surface area (Å²) in [6, 6.07) is 6.79. The highest BCUT2D eigenvalue weighted by atomic mass is 16.2. The van der Waals surface area contributed by atoms with E-state index in [9.17, 15) is 4.79 Å². The second kappa shape index (κ2) is 4.15. The monoisotopic (exact) mass is 230 g/mol. The molecule has 3 heteroatoms. The minimum Gasteiger partial charge on any atom is -0.312 e. The van der Waals surface area contributed by atoms with Crippen molar-refractivity contribution >= 4 is 11.6 Å². The van der Waals surface area contributed by atoms with Crippen molar-refractivity contribution in [3.63, 3.8) is 0 Å². The first-order chi connectivity index (χ1) is 8.24. The molecule has 1 aromatic rings. The molecule has 1 unspecified atom stereocenters. The van der Waals surface area contributed by atoms with Crippen LogP contribution in [-0.4, -0.2) is 25.0 Å². The van der Waals surface area contributed by atoms with E-state index in [1.54, 1.807) is 0 Å². The van der Waals surface area contributed by atoms with Gasteiger partial charge in [-0.3, -0.25) is 4.79 Å². The number of carbonyl (C=O) groups is 1. The number of aryl methyl sites for hydroxylation is 1. The lowest BCUT2D eigenvalue weighted by Crippen LogP contribution is -2.39. The topological polar surface area (TPSA) is 32.3 Å². The van der Waals surface area contributed by atoms with Crippen LogP contribution in [0.2, 0.25) is 0 Å². The molecule has 1 fully saturated rings. The minimum atomic E-state index is 0.249. The molecule has 2 aliphatic rings. The standard InChI is InChI=1S/C14H18N2O/c1-10-4-5-11-8-14(17)16(13(11)7-10)9-12-3-2-6-15-12/h4-5,7,12,15H,2-3,6,8-9H2,1H3. The molecule has 1 saturated heterocycles. The number of amides is 1. The number of anilines is 1. The zero-order valence-corrected chi connectivity index (χ0v) is 10.2. The third-order valence-corrected chi connectivity index (χ3v) is 3.74. The van der Waals surface area contributed by atoms with Crippen LogP contribution in [-0.2, 0) is 11.2 Å². The first kappa shape index (κ1) is 10.8. The highest BCUT2D eigenvalue weighted by Gasteiger charge is 2.29. The van der Waals surface area contributed by atoms with E-state index in [1.807, 2.05) is 4.90 Å². The van der Waals surface area contributed by atoms with Crippen LogP contribution >= 0.6 is 0 Å². The molecular weight excluding hydrogens is 212 g/mol. The first-order valence-electron chi connectivity index (χ1n) is 6.37. The number of nitrogens with zero attached hydrogens (tertiary/aromatic N) is 1. The Kier molecular flexibility index (Phi) is 2.63. The number of benzene rings is 1. The molecule has 0 spiro atoms. The summed E-state index contributed by atoms with van der Waals surface area (Å²) < 4.78 is 0. The fourth-order valence-electron chi connectivity index (χ4n) is 2.80. The number of fused-ring (bicyclic) bond motifs is 1. The molecule has 0 aromatic heterocycles. The Labute approximate surface area is 102 Å². The molecule has 17 heavy (non-hydrogen) atoms. The van der Waals surface area contributed by atoms with Gasteiger partial charge in [0.2, 0.25) is 5.91 Å². The quantitative estimate of drug-likeness (QED) is 0.837. The highest BCUT2D eigenvalue weighted by molar-refractivity contribution is 6.01. The molecule has 0 saturated carbocycles. The summed E-state index contributed by atoms with van der Waals surface area (Å²) in [5, 5.41) is 3.46. The van der Waals surface area contributed by atoms with Crippen molar-refractivity contribution in [3.05, 3.63) is 29.3 Å². The van der Waals surface area contributed by atoms with Crippen molar-refractivity contribution in [3.8, 4) is 0 Å². The van der Waals surface area contributed by atoms with Crippen molar-refractivity contribution < 1.29 is 4.79 Å². The Bertz CT molecular complexity index is 450. The van der Waals surface area contributed by atoms with Gasteiger partial charge in [-0.2, -0.15) is 0 Å². The van der Waals surface area contributed by atoms with Crippen molar-refractivity contribution in [1.29, 1.82) is 0 Å². The average molecular weight is 230 g/mol. The van der Waals surface area contributed by atoms with Crippen LogP contribution in [0.25, 0.3) is 0 Å². The van der Waals surface area contributed by atoms with Crippen LogP contribution < -0.4 is 10.2 Å². The van der Waals surface area contributed by atoms with Gasteiger partial charge in [0.25, 0.3) is 0 Å². The maximum Gasteiger partial charge on any atom is 0.231 e. The highest BCUT2D eigenvalue weighted by Crippen LogP contribution is 2.30. The van der Waals surface area contributed by atoms with Crippen LogP contribution in [0.15, 0.2) is 18.2 Å². The largest absolute Gasteiger partial charge is 0.312 e. The van der Waals surface area contributed by atoms with Crippen LogP contribution in [0.1, 0.15) is 24.0 Å². The van der Waals surface area contributed by atoms with E-state index in [0.717, 1.165) is 18.8 Å². The number of rotatable bonds is 2. The fourth-order valence-corrected chi connectivity index (χ4v) is 2.80. The summed E-state index contributed by atoms with van der Waals surface area (Å²) in [6.45, 7) is 4.00. The van der Waals surface area contributed by atoms with Gasteiger partial charge in [-0.15, -0.1) is 0 Å². The van der Waals surface area contributed by atoms with Crippen molar-refractivity contribution in [2.75, 3.05) is 18.0 Å². The summed E-state index contributed by atoms with van der Waals surface area (Å²) >= 11 is 0. The van der Waals surface area contributed by atoms with Gasteiger partial charge in [0, 0.05) is 18.3 Å². The Balaban J connectivity index is 1.85. The summed E-state index contributed by atoms with van der Waals surface area (Å²) in [4.78, 5) is 14.0. The predicted octanol–water partition coefficient (Wildman–Crippen LogP) is 1.64. The molecule has 0 bridgehead atoms. The van der Waals surface area contributed by atoms with Crippen LogP contribution in [0, 0.1) is 6.92 Å². The molecular formula is C14H18N2O. The Morgan fingerprint density at radius 3 is 3.12 bits per heavy atom. The van der Waals surface area contributed by atoms with E-state index in [1.165, 1.54) is 24.0 Å². The van der Waals surface area contributed by atoms with E-state index < -0.39 is 0 Å². The molecule has 3 rings (SSSR count). The fraction of sp³-hybridized carbons (Fsp3) is 0.500. The smallest absolute Gasteiger partial charge is 0.231 e. The lowest BCUT2D eigenvalue weighted by atomic mass is 10.1.